The van der Waals surface area contributed by atoms with E-state index in [4.69, 9.17) is 14.1 Å². The molecule has 7 heteroatoms. The molecule has 1 fully saturated rings. The largest absolute Gasteiger partial charge is 0.483 e. The van der Waals surface area contributed by atoms with Crippen molar-refractivity contribution in [3.8, 4) is 5.75 Å². The lowest BCUT2D eigenvalue weighted by Gasteiger charge is -2.33. The third-order valence-electron chi connectivity index (χ3n) is 6.18. The number of piperidine rings is 1. The predicted molar refractivity (Wildman–Crippen MR) is 123 cm³/mol. The van der Waals surface area contributed by atoms with Gasteiger partial charge in [-0.1, -0.05) is 31.2 Å². The van der Waals surface area contributed by atoms with Crippen LogP contribution in [0.1, 0.15) is 47.9 Å². The zero-order valence-corrected chi connectivity index (χ0v) is 18.5. The number of rotatable bonds is 6. The Morgan fingerprint density at radius 2 is 1.85 bits per heavy atom. The number of hydrogen-bond donors (Lipinski definition) is 0. The van der Waals surface area contributed by atoms with E-state index in [9.17, 15) is 9.18 Å². The highest BCUT2D eigenvalue weighted by atomic mass is 19.1. The third-order valence-corrected chi connectivity index (χ3v) is 6.18. The summed E-state index contributed by atoms with van der Waals surface area (Å²) in [7, 11) is 0. The summed E-state index contributed by atoms with van der Waals surface area (Å²) < 4.78 is 27.2. The van der Waals surface area contributed by atoms with E-state index in [-0.39, 0.29) is 24.0 Å². The second-order valence-corrected chi connectivity index (χ2v) is 8.25. The smallest absolute Gasteiger partial charge is 0.289 e. The molecule has 1 amide bonds. The number of hydrogen-bond acceptors (Lipinski definition) is 4. The topological polar surface area (TPSA) is 60.5 Å². The first-order chi connectivity index (χ1) is 16.1. The second kappa shape index (κ2) is 9.10. The van der Waals surface area contributed by atoms with Crippen molar-refractivity contribution >= 4 is 16.9 Å². The molecule has 2 aromatic carbocycles. The molecule has 0 radical (unpaired) electrons. The van der Waals surface area contributed by atoms with Crippen LogP contribution in [0.25, 0.3) is 11.0 Å². The SMILES string of the molecule is CCc1nc2ccccc2n1C1CCN(C(=O)c2ccc(COc3ccccc3F)o2)CC1. The van der Waals surface area contributed by atoms with Gasteiger partial charge in [-0.3, -0.25) is 4.79 Å². The lowest BCUT2D eigenvalue weighted by atomic mass is 10.0. The van der Waals surface area contributed by atoms with Gasteiger partial charge in [-0.25, -0.2) is 9.37 Å². The summed E-state index contributed by atoms with van der Waals surface area (Å²) in [6.07, 6.45) is 2.60. The Balaban J connectivity index is 1.22. The molecule has 5 rings (SSSR count). The summed E-state index contributed by atoms with van der Waals surface area (Å²) in [5, 5.41) is 0. The van der Waals surface area contributed by atoms with Gasteiger partial charge < -0.3 is 18.6 Å². The summed E-state index contributed by atoms with van der Waals surface area (Å²) in [6, 6.07) is 18.1. The molecule has 3 heterocycles. The van der Waals surface area contributed by atoms with Gasteiger partial charge in [-0.2, -0.15) is 0 Å². The molecule has 33 heavy (non-hydrogen) atoms. The van der Waals surface area contributed by atoms with Gasteiger partial charge in [0.2, 0.25) is 0 Å². The van der Waals surface area contributed by atoms with Crippen LogP contribution in [0.15, 0.2) is 65.1 Å². The quantitative estimate of drug-likeness (QED) is 0.398. The first kappa shape index (κ1) is 21.2. The van der Waals surface area contributed by atoms with E-state index in [2.05, 4.69) is 17.6 Å². The van der Waals surface area contributed by atoms with Gasteiger partial charge in [0, 0.05) is 25.6 Å². The van der Waals surface area contributed by atoms with Gasteiger partial charge in [0.05, 0.1) is 11.0 Å². The standard InChI is InChI=1S/C26H26FN3O3/c1-2-25-28-21-8-4-5-9-22(21)30(25)18-13-15-29(16-14-18)26(31)24-12-11-19(33-24)17-32-23-10-6-3-7-20(23)27/h3-12,18H,2,13-17H2,1H3. The monoisotopic (exact) mass is 447 g/mol. The number of nitrogens with zero attached hydrogens (tertiary/aromatic N) is 3. The fourth-order valence-electron chi connectivity index (χ4n) is 4.52. The van der Waals surface area contributed by atoms with Gasteiger partial charge in [0.15, 0.2) is 17.3 Å². The molecule has 0 unspecified atom stereocenters. The highest BCUT2D eigenvalue weighted by Crippen LogP contribution is 2.30. The van der Waals surface area contributed by atoms with Crippen molar-refractivity contribution in [1.29, 1.82) is 0 Å². The molecule has 170 valence electrons. The van der Waals surface area contributed by atoms with Crippen LogP contribution in [0.5, 0.6) is 5.75 Å². The number of fused-ring (bicyclic) bond motifs is 1. The molecule has 1 aliphatic rings. The Morgan fingerprint density at radius 1 is 1.09 bits per heavy atom. The minimum Gasteiger partial charge on any atom is -0.483 e. The van der Waals surface area contributed by atoms with Crippen molar-refractivity contribution in [3.05, 3.63) is 83.8 Å². The predicted octanol–water partition coefficient (Wildman–Crippen LogP) is 5.39. The summed E-state index contributed by atoms with van der Waals surface area (Å²) in [5.41, 5.74) is 2.18. The fourth-order valence-corrected chi connectivity index (χ4v) is 4.52. The van der Waals surface area contributed by atoms with Gasteiger partial charge >= 0.3 is 0 Å². The Bertz CT molecular complexity index is 1270. The Hall–Kier alpha value is -3.61. The van der Waals surface area contributed by atoms with Gasteiger partial charge in [-0.15, -0.1) is 0 Å². The number of carbonyl (C=O) groups is 1. The van der Waals surface area contributed by atoms with Crippen LogP contribution in [-0.2, 0) is 13.0 Å². The van der Waals surface area contributed by atoms with E-state index < -0.39 is 5.82 Å². The summed E-state index contributed by atoms with van der Waals surface area (Å²) in [5.74, 6) is 1.45. The van der Waals surface area contributed by atoms with Crippen LogP contribution < -0.4 is 4.74 Å². The number of aryl methyl sites for hydroxylation is 1. The normalized spacial score (nSPS) is 14.7. The minimum atomic E-state index is -0.430. The minimum absolute atomic E-state index is 0.0593. The van der Waals surface area contributed by atoms with Gasteiger partial charge in [0.1, 0.15) is 18.2 Å². The molecule has 0 aliphatic carbocycles. The van der Waals surface area contributed by atoms with E-state index in [1.165, 1.54) is 6.07 Å². The van der Waals surface area contributed by atoms with Crippen LogP contribution >= 0.6 is 0 Å². The van der Waals surface area contributed by atoms with Crippen LogP contribution in [0.4, 0.5) is 4.39 Å². The van der Waals surface area contributed by atoms with Crippen LogP contribution in [0.3, 0.4) is 0 Å². The number of ether oxygens (including phenoxy) is 1. The number of aromatic nitrogens is 2. The molecule has 0 N–H and O–H groups in total. The molecule has 0 atom stereocenters. The summed E-state index contributed by atoms with van der Waals surface area (Å²) >= 11 is 0. The van der Waals surface area contributed by atoms with Gasteiger partial charge in [-0.05, 0) is 49.2 Å². The van der Waals surface area contributed by atoms with E-state index in [0.29, 0.717) is 24.9 Å². The maximum atomic E-state index is 13.7. The Kier molecular flexibility index (Phi) is 5.86. The lowest BCUT2D eigenvalue weighted by molar-refractivity contribution is 0.0659. The van der Waals surface area contributed by atoms with Gasteiger partial charge in [0.25, 0.3) is 5.91 Å². The van der Waals surface area contributed by atoms with Crippen molar-refractivity contribution in [2.45, 2.75) is 38.8 Å². The maximum absolute atomic E-state index is 13.7. The van der Waals surface area contributed by atoms with E-state index in [1.807, 2.05) is 23.1 Å². The number of imidazole rings is 1. The van der Waals surface area contributed by atoms with Crippen LogP contribution in [0, 0.1) is 5.82 Å². The molecule has 1 aliphatic heterocycles. The molecule has 6 nitrogen and oxygen atoms in total. The Morgan fingerprint density at radius 3 is 2.64 bits per heavy atom. The highest BCUT2D eigenvalue weighted by Gasteiger charge is 2.28. The van der Waals surface area contributed by atoms with Crippen molar-refractivity contribution < 1.29 is 18.3 Å². The van der Waals surface area contributed by atoms with Crippen LogP contribution in [0.2, 0.25) is 0 Å². The number of likely N-dealkylation sites (tertiary alicyclic amines) is 1. The number of furan rings is 1. The van der Waals surface area contributed by atoms with Crippen molar-refractivity contribution in [2.24, 2.45) is 0 Å². The molecule has 1 saturated heterocycles. The number of halogens is 1. The highest BCUT2D eigenvalue weighted by molar-refractivity contribution is 5.91. The molecular weight excluding hydrogens is 421 g/mol. The molecular formula is C26H26FN3O3. The first-order valence-corrected chi connectivity index (χ1v) is 11.3. The maximum Gasteiger partial charge on any atom is 0.289 e. The number of carbonyl (C=O) groups excluding carboxylic acids is 1. The second-order valence-electron chi connectivity index (χ2n) is 8.25. The first-order valence-electron chi connectivity index (χ1n) is 11.3. The van der Waals surface area contributed by atoms with E-state index in [1.54, 1.807) is 30.3 Å². The fraction of sp³-hybridized carbons (Fsp3) is 0.308. The van der Waals surface area contributed by atoms with E-state index >= 15 is 0 Å². The van der Waals surface area contributed by atoms with E-state index in [0.717, 1.165) is 36.1 Å². The zero-order valence-electron chi connectivity index (χ0n) is 18.5. The lowest BCUT2D eigenvalue weighted by Crippen LogP contribution is -2.39. The Labute approximate surface area is 191 Å². The number of benzene rings is 2. The van der Waals surface area contributed by atoms with Crippen molar-refractivity contribution in [1.82, 2.24) is 14.5 Å². The molecule has 0 spiro atoms. The van der Waals surface area contributed by atoms with Crippen molar-refractivity contribution in [2.75, 3.05) is 13.1 Å². The number of amides is 1. The average Bonchev–Trinajstić information content (AvgIpc) is 3.48. The molecule has 4 aromatic rings. The third kappa shape index (κ3) is 4.23. The molecule has 0 bridgehead atoms. The molecule has 2 aromatic heterocycles. The zero-order chi connectivity index (χ0) is 22.8. The molecule has 0 saturated carbocycles. The summed E-state index contributed by atoms with van der Waals surface area (Å²) in [6.45, 7) is 3.49. The average molecular weight is 448 g/mol. The van der Waals surface area contributed by atoms with Crippen molar-refractivity contribution in [3.63, 3.8) is 0 Å². The van der Waals surface area contributed by atoms with Crippen LogP contribution in [-0.4, -0.2) is 33.4 Å². The number of para-hydroxylation sites is 3. The summed E-state index contributed by atoms with van der Waals surface area (Å²) in [4.78, 5) is 19.6.